The van der Waals surface area contributed by atoms with Gasteiger partial charge in [0.05, 0.1) is 0 Å². The Balaban J connectivity index is 0.000000492. The summed E-state index contributed by atoms with van der Waals surface area (Å²) in [6, 6.07) is 14.6. The lowest BCUT2D eigenvalue weighted by Gasteiger charge is -2.04. The Morgan fingerprint density at radius 2 is 1.61 bits per heavy atom. The smallest absolute Gasteiger partial charge is 0.130 e. The third kappa shape index (κ3) is 4.33. The van der Waals surface area contributed by atoms with Gasteiger partial charge in [-0.3, -0.25) is 0 Å². The molecule has 0 amide bonds. The maximum absolute atomic E-state index is 11.0. The van der Waals surface area contributed by atoms with E-state index in [-0.39, 0.29) is 5.78 Å². The lowest BCUT2D eigenvalue weighted by molar-refractivity contribution is -0.116. The normalized spacial score (nSPS) is 9.72. The molecule has 96 valence electrons. The molecule has 0 N–H and O–H groups in total. The van der Waals surface area contributed by atoms with Gasteiger partial charge in [0, 0.05) is 6.42 Å². The Hall–Kier alpha value is -1.63. The first-order chi connectivity index (χ1) is 8.69. The lowest BCUT2D eigenvalue weighted by atomic mass is 10.0. The summed E-state index contributed by atoms with van der Waals surface area (Å²) in [6.07, 6.45) is 2.73. The Bertz CT molecular complexity index is 494. The van der Waals surface area contributed by atoms with Crippen LogP contribution in [0.4, 0.5) is 0 Å². The first-order valence-electron chi connectivity index (χ1n) is 6.65. The van der Waals surface area contributed by atoms with Crippen molar-refractivity contribution < 1.29 is 4.79 Å². The molecule has 0 spiro atoms. The maximum atomic E-state index is 11.0. The molecule has 0 unspecified atom stereocenters. The highest BCUT2D eigenvalue weighted by atomic mass is 16.1. The van der Waals surface area contributed by atoms with Crippen LogP contribution >= 0.6 is 0 Å². The molecular weight excluding hydrogens is 220 g/mol. The van der Waals surface area contributed by atoms with E-state index in [1.165, 1.54) is 22.8 Å². The van der Waals surface area contributed by atoms with Crippen LogP contribution in [0.15, 0.2) is 42.5 Å². The van der Waals surface area contributed by atoms with Crippen molar-refractivity contribution in [2.45, 2.75) is 40.0 Å². The lowest BCUT2D eigenvalue weighted by Crippen LogP contribution is -1.94. The van der Waals surface area contributed by atoms with E-state index in [4.69, 9.17) is 0 Å². The van der Waals surface area contributed by atoms with Crippen LogP contribution in [0.1, 0.15) is 39.2 Å². The van der Waals surface area contributed by atoms with Crippen molar-refractivity contribution in [2.24, 2.45) is 0 Å². The van der Waals surface area contributed by atoms with Crippen LogP contribution in [0.2, 0.25) is 0 Å². The van der Waals surface area contributed by atoms with Crippen molar-refractivity contribution in [2.75, 3.05) is 0 Å². The van der Waals surface area contributed by atoms with Gasteiger partial charge in [0.25, 0.3) is 0 Å². The maximum Gasteiger partial charge on any atom is 0.130 e. The van der Waals surface area contributed by atoms with Gasteiger partial charge in [-0.15, -0.1) is 0 Å². The van der Waals surface area contributed by atoms with Gasteiger partial charge in [0.15, 0.2) is 0 Å². The number of Topliss-reactive ketones (excluding diaryl/α,β-unsaturated/α-hetero) is 1. The molecule has 18 heavy (non-hydrogen) atoms. The first-order valence-corrected chi connectivity index (χ1v) is 6.65. The highest BCUT2D eigenvalue weighted by Gasteiger charge is 2.01. The van der Waals surface area contributed by atoms with Gasteiger partial charge in [0.2, 0.25) is 0 Å². The van der Waals surface area contributed by atoms with Gasteiger partial charge >= 0.3 is 0 Å². The minimum atomic E-state index is 0.253. The minimum absolute atomic E-state index is 0.253. The molecule has 0 saturated carbocycles. The third-order valence-electron chi connectivity index (χ3n) is 2.63. The molecule has 1 nitrogen and oxygen atoms in total. The van der Waals surface area contributed by atoms with E-state index in [1.54, 1.807) is 6.92 Å². The molecule has 0 fully saturated rings. The topological polar surface area (TPSA) is 17.1 Å². The number of fused-ring (bicyclic) bond motifs is 1. The Labute approximate surface area is 110 Å². The summed E-state index contributed by atoms with van der Waals surface area (Å²) in [7, 11) is 0. The summed E-state index contributed by atoms with van der Waals surface area (Å²) >= 11 is 0. The van der Waals surface area contributed by atoms with E-state index in [0.29, 0.717) is 6.42 Å². The van der Waals surface area contributed by atoms with Gasteiger partial charge in [-0.2, -0.15) is 0 Å². The van der Waals surface area contributed by atoms with E-state index >= 15 is 0 Å². The molecule has 0 aliphatic rings. The molecule has 0 bridgehead atoms. The second kappa shape index (κ2) is 7.65. The van der Waals surface area contributed by atoms with Crippen LogP contribution < -0.4 is 0 Å². The number of carbonyl (C=O) groups excluding carboxylic acids is 1. The zero-order chi connectivity index (χ0) is 13.4. The molecule has 2 rings (SSSR count). The summed E-state index contributed by atoms with van der Waals surface area (Å²) in [4.78, 5) is 11.0. The fourth-order valence-corrected chi connectivity index (χ4v) is 1.82. The summed E-state index contributed by atoms with van der Waals surface area (Å²) in [5.74, 6) is 0.253. The molecule has 0 aliphatic carbocycles. The number of hydrogen-bond acceptors (Lipinski definition) is 1. The van der Waals surface area contributed by atoms with Gasteiger partial charge in [0.1, 0.15) is 5.78 Å². The van der Waals surface area contributed by atoms with Gasteiger partial charge in [-0.25, -0.2) is 0 Å². The van der Waals surface area contributed by atoms with Crippen LogP contribution in [-0.4, -0.2) is 5.78 Å². The monoisotopic (exact) mass is 242 g/mol. The van der Waals surface area contributed by atoms with Crippen molar-refractivity contribution in [3.63, 3.8) is 0 Å². The number of carbonyl (C=O) groups is 1. The number of ketones is 1. The van der Waals surface area contributed by atoms with Gasteiger partial charge < -0.3 is 4.79 Å². The standard InChI is InChI=1S/C14H14O.C3H8/c1-11(15)9-10-13-7-4-6-12-5-2-3-8-14(12)13;1-3-2/h2-8H,9-10H2,1H3;3H2,1-2H3. The first kappa shape index (κ1) is 14.4. The van der Waals surface area contributed by atoms with Crippen LogP contribution in [0, 0.1) is 0 Å². The van der Waals surface area contributed by atoms with Crippen molar-refractivity contribution in [3.8, 4) is 0 Å². The average Bonchev–Trinajstić information content (AvgIpc) is 2.37. The molecule has 2 aromatic rings. The highest BCUT2D eigenvalue weighted by Crippen LogP contribution is 2.19. The Kier molecular flexibility index (Phi) is 6.13. The Morgan fingerprint density at radius 1 is 1.00 bits per heavy atom. The molecule has 0 aliphatic heterocycles. The number of aryl methyl sites for hydroxylation is 1. The second-order valence-electron chi connectivity index (χ2n) is 4.55. The molecular formula is C17H22O. The SMILES string of the molecule is CC(=O)CCc1cccc2ccccc12.CCC. The molecule has 0 aromatic heterocycles. The number of benzene rings is 2. The van der Waals surface area contributed by atoms with Crippen molar-refractivity contribution in [3.05, 3.63) is 48.0 Å². The second-order valence-corrected chi connectivity index (χ2v) is 4.55. The molecule has 0 atom stereocenters. The zero-order valence-electron chi connectivity index (χ0n) is 11.6. The fraction of sp³-hybridized carbons (Fsp3) is 0.353. The largest absolute Gasteiger partial charge is 0.300 e. The molecule has 2 aromatic carbocycles. The third-order valence-corrected chi connectivity index (χ3v) is 2.63. The van der Waals surface area contributed by atoms with E-state index < -0.39 is 0 Å². The van der Waals surface area contributed by atoms with E-state index in [0.717, 1.165) is 6.42 Å². The van der Waals surface area contributed by atoms with Gasteiger partial charge in [-0.1, -0.05) is 62.7 Å². The summed E-state index contributed by atoms with van der Waals surface area (Å²) in [5, 5.41) is 2.51. The van der Waals surface area contributed by atoms with Gasteiger partial charge in [-0.05, 0) is 29.7 Å². The fourth-order valence-electron chi connectivity index (χ4n) is 1.82. The molecule has 0 radical (unpaired) electrons. The zero-order valence-corrected chi connectivity index (χ0v) is 11.6. The number of rotatable bonds is 3. The van der Waals surface area contributed by atoms with Crippen LogP contribution in [-0.2, 0) is 11.2 Å². The number of hydrogen-bond donors (Lipinski definition) is 0. The highest BCUT2D eigenvalue weighted by molar-refractivity contribution is 5.86. The molecule has 0 heterocycles. The predicted molar refractivity (Wildman–Crippen MR) is 78.9 cm³/mol. The molecule has 0 saturated heterocycles. The van der Waals surface area contributed by atoms with E-state index in [1.807, 2.05) is 12.1 Å². The van der Waals surface area contributed by atoms with E-state index in [9.17, 15) is 4.79 Å². The predicted octanol–water partition coefficient (Wildman–Crippen LogP) is 4.78. The van der Waals surface area contributed by atoms with Crippen molar-refractivity contribution in [1.29, 1.82) is 0 Å². The summed E-state index contributed by atoms with van der Waals surface area (Å²) in [5.41, 5.74) is 1.27. The quantitative estimate of drug-likeness (QED) is 0.757. The van der Waals surface area contributed by atoms with Crippen LogP contribution in [0.3, 0.4) is 0 Å². The average molecular weight is 242 g/mol. The van der Waals surface area contributed by atoms with Crippen molar-refractivity contribution >= 4 is 16.6 Å². The Morgan fingerprint density at radius 3 is 2.28 bits per heavy atom. The summed E-state index contributed by atoms with van der Waals surface area (Å²) < 4.78 is 0. The molecule has 1 heteroatoms. The van der Waals surface area contributed by atoms with Crippen LogP contribution in [0.25, 0.3) is 10.8 Å². The van der Waals surface area contributed by atoms with E-state index in [2.05, 4.69) is 44.2 Å². The van der Waals surface area contributed by atoms with Crippen molar-refractivity contribution in [1.82, 2.24) is 0 Å². The van der Waals surface area contributed by atoms with Crippen LogP contribution in [0.5, 0.6) is 0 Å². The minimum Gasteiger partial charge on any atom is -0.300 e. The summed E-state index contributed by atoms with van der Waals surface area (Å²) in [6.45, 7) is 5.89.